The third-order valence-corrected chi connectivity index (χ3v) is 3.49. The normalized spacial score (nSPS) is 10.1. The number of aryl methyl sites for hydroxylation is 1. The first-order chi connectivity index (χ1) is 9.71. The van der Waals surface area contributed by atoms with Gasteiger partial charge in [0.2, 0.25) is 0 Å². The second kappa shape index (κ2) is 6.91. The van der Waals surface area contributed by atoms with Crippen molar-refractivity contribution in [3.63, 3.8) is 0 Å². The SMILES string of the molecule is COC(=O)CCc1csc(Nc2cccc(OC)c2)n1. The Morgan fingerprint density at radius 1 is 1.40 bits per heavy atom. The third kappa shape index (κ3) is 3.96. The zero-order chi connectivity index (χ0) is 14.4. The zero-order valence-electron chi connectivity index (χ0n) is 11.4. The minimum absolute atomic E-state index is 0.222. The number of esters is 1. The van der Waals surface area contributed by atoms with Crippen molar-refractivity contribution in [2.24, 2.45) is 0 Å². The van der Waals surface area contributed by atoms with E-state index >= 15 is 0 Å². The first-order valence-electron chi connectivity index (χ1n) is 6.13. The van der Waals surface area contributed by atoms with E-state index in [2.05, 4.69) is 15.0 Å². The molecular formula is C14H16N2O3S. The van der Waals surface area contributed by atoms with Gasteiger partial charge in [0, 0.05) is 23.6 Å². The van der Waals surface area contributed by atoms with Gasteiger partial charge in [-0.1, -0.05) is 6.07 Å². The molecule has 0 atom stereocenters. The molecule has 0 saturated heterocycles. The summed E-state index contributed by atoms with van der Waals surface area (Å²) in [5.41, 5.74) is 1.80. The number of methoxy groups -OCH3 is 2. The fraction of sp³-hybridized carbons (Fsp3) is 0.286. The van der Waals surface area contributed by atoms with Crippen LogP contribution in [0.2, 0.25) is 0 Å². The largest absolute Gasteiger partial charge is 0.497 e. The number of aromatic nitrogens is 1. The Morgan fingerprint density at radius 2 is 2.25 bits per heavy atom. The number of nitrogens with zero attached hydrogens (tertiary/aromatic N) is 1. The van der Waals surface area contributed by atoms with Crippen molar-refractivity contribution in [3.05, 3.63) is 35.3 Å². The molecule has 106 valence electrons. The van der Waals surface area contributed by atoms with E-state index < -0.39 is 0 Å². The van der Waals surface area contributed by atoms with Crippen molar-refractivity contribution in [1.82, 2.24) is 4.98 Å². The van der Waals surface area contributed by atoms with Crippen LogP contribution in [0, 0.1) is 0 Å². The van der Waals surface area contributed by atoms with Crippen molar-refractivity contribution in [1.29, 1.82) is 0 Å². The highest BCUT2D eigenvalue weighted by Crippen LogP contribution is 2.24. The molecule has 6 heteroatoms. The maximum absolute atomic E-state index is 11.1. The average molecular weight is 292 g/mol. The first kappa shape index (κ1) is 14.3. The summed E-state index contributed by atoms with van der Waals surface area (Å²) < 4.78 is 9.77. The van der Waals surface area contributed by atoms with Gasteiger partial charge in [-0.2, -0.15) is 0 Å². The Labute approximate surface area is 121 Å². The number of carbonyl (C=O) groups is 1. The number of benzene rings is 1. The molecule has 0 unspecified atom stereocenters. The summed E-state index contributed by atoms with van der Waals surface area (Å²) in [5, 5.41) is 5.94. The van der Waals surface area contributed by atoms with E-state index in [1.165, 1.54) is 18.4 Å². The first-order valence-corrected chi connectivity index (χ1v) is 7.01. The lowest BCUT2D eigenvalue weighted by atomic mass is 10.2. The Kier molecular flexibility index (Phi) is 4.95. The highest BCUT2D eigenvalue weighted by Gasteiger charge is 2.06. The van der Waals surface area contributed by atoms with Crippen molar-refractivity contribution in [3.8, 4) is 5.75 Å². The topological polar surface area (TPSA) is 60.5 Å². The Bertz CT molecular complexity index is 583. The van der Waals surface area contributed by atoms with Crippen LogP contribution in [-0.4, -0.2) is 25.2 Å². The predicted octanol–water partition coefficient (Wildman–Crippen LogP) is 3.00. The van der Waals surface area contributed by atoms with Gasteiger partial charge >= 0.3 is 5.97 Å². The Hall–Kier alpha value is -2.08. The summed E-state index contributed by atoms with van der Waals surface area (Å²) in [6.07, 6.45) is 0.932. The van der Waals surface area contributed by atoms with E-state index in [1.54, 1.807) is 7.11 Å². The average Bonchev–Trinajstić information content (AvgIpc) is 2.92. The molecule has 0 amide bonds. The van der Waals surface area contributed by atoms with Crippen LogP contribution in [0.5, 0.6) is 5.75 Å². The summed E-state index contributed by atoms with van der Waals surface area (Å²) in [7, 11) is 3.02. The molecule has 0 saturated carbocycles. The molecule has 0 fully saturated rings. The van der Waals surface area contributed by atoms with Gasteiger partial charge in [-0.15, -0.1) is 11.3 Å². The predicted molar refractivity (Wildman–Crippen MR) is 78.7 cm³/mol. The van der Waals surface area contributed by atoms with Crippen LogP contribution in [0.1, 0.15) is 12.1 Å². The maximum Gasteiger partial charge on any atom is 0.305 e. The lowest BCUT2D eigenvalue weighted by molar-refractivity contribution is -0.140. The molecule has 1 aromatic carbocycles. The van der Waals surface area contributed by atoms with Gasteiger partial charge in [-0.3, -0.25) is 4.79 Å². The number of ether oxygens (including phenoxy) is 2. The fourth-order valence-electron chi connectivity index (χ4n) is 1.64. The quantitative estimate of drug-likeness (QED) is 0.829. The molecule has 2 rings (SSSR count). The Morgan fingerprint density at radius 3 is 3.00 bits per heavy atom. The minimum atomic E-state index is -0.222. The van der Waals surface area contributed by atoms with E-state index in [-0.39, 0.29) is 5.97 Å². The molecule has 2 aromatic rings. The number of carbonyl (C=O) groups excluding carboxylic acids is 1. The summed E-state index contributed by atoms with van der Waals surface area (Å²) in [4.78, 5) is 15.5. The molecule has 1 heterocycles. The zero-order valence-corrected chi connectivity index (χ0v) is 12.2. The van der Waals surface area contributed by atoms with Gasteiger partial charge in [-0.05, 0) is 12.1 Å². The van der Waals surface area contributed by atoms with Crippen LogP contribution in [-0.2, 0) is 16.0 Å². The molecule has 0 aliphatic carbocycles. The van der Waals surface area contributed by atoms with E-state index in [1.807, 2.05) is 29.6 Å². The van der Waals surface area contributed by atoms with Crippen LogP contribution < -0.4 is 10.1 Å². The molecule has 1 aromatic heterocycles. The van der Waals surface area contributed by atoms with Gasteiger partial charge in [0.05, 0.1) is 26.3 Å². The molecule has 0 spiro atoms. The minimum Gasteiger partial charge on any atom is -0.497 e. The molecule has 0 radical (unpaired) electrons. The van der Waals surface area contributed by atoms with Crippen LogP contribution >= 0.6 is 11.3 Å². The number of rotatable bonds is 6. The van der Waals surface area contributed by atoms with Crippen LogP contribution in [0.4, 0.5) is 10.8 Å². The number of nitrogens with one attached hydrogen (secondary N) is 1. The smallest absolute Gasteiger partial charge is 0.305 e. The number of anilines is 2. The van der Waals surface area contributed by atoms with Crippen molar-refractivity contribution in [2.75, 3.05) is 19.5 Å². The van der Waals surface area contributed by atoms with Gasteiger partial charge in [0.15, 0.2) is 5.13 Å². The third-order valence-electron chi connectivity index (χ3n) is 2.69. The molecule has 0 bridgehead atoms. The standard InChI is InChI=1S/C14H16N2O3S/c1-18-12-5-3-4-10(8-12)15-14-16-11(9-20-14)6-7-13(17)19-2/h3-5,8-9H,6-7H2,1-2H3,(H,15,16). The summed E-state index contributed by atoms with van der Waals surface area (Å²) in [6.45, 7) is 0. The van der Waals surface area contributed by atoms with Crippen LogP contribution in [0.15, 0.2) is 29.6 Å². The highest BCUT2D eigenvalue weighted by molar-refractivity contribution is 7.13. The highest BCUT2D eigenvalue weighted by atomic mass is 32.1. The van der Waals surface area contributed by atoms with Crippen LogP contribution in [0.3, 0.4) is 0 Å². The number of hydrogen-bond acceptors (Lipinski definition) is 6. The van der Waals surface area contributed by atoms with Crippen molar-refractivity contribution < 1.29 is 14.3 Å². The monoisotopic (exact) mass is 292 g/mol. The van der Waals surface area contributed by atoms with E-state index in [4.69, 9.17) is 4.74 Å². The molecule has 1 N–H and O–H groups in total. The molecule has 5 nitrogen and oxygen atoms in total. The lowest BCUT2D eigenvalue weighted by Gasteiger charge is -2.04. The lowest BCUT2D eigenvalue weighted by Crippen LogP contribution is -2.02. The second-order valence-corrected chi connectivity index (χ2v) is 4.94. The summed E-state index contributed by atoms with van der Waals surface area (Å²) >= 11 is 1.50. The van der Waals surface area contributed by atoms with Crippen molar-refractivity contribution in [2.45, 2.75) is 12.8 Å². The molecule has 0 aliphatic heterocycles. The van der Waals surface area contributed by atoms with E-state index in [0.717, 1.165) is 22.3 Å². The summed E-state index contributed by atoms with van der Waals surface area (Å²) in [6, 6.07) is 7.63. The molecular weight excluding hydrogens is 276 g/mol. The van der Waals surface area contributed by atoms with Crippen molar-refractivity contribution >= 4 is 28.1 Å². The second-order valence-electron chi connectivity index (χ2n) is 4.08. The number of thiazole rings is 1. The molecule has 0 aliphatic rings. The maximum atomic E-state index is 11.1. The van der Waals surface area contributed by atoms with Gasteiger partial charge in [0.1, 0.15) is 5.75 Å². The fourth-order valence-corrected chi connectivity index (χ4v) is 2.40. The van der Waals surface area contributed by atoms with E-state index in [0.29, 0.717) is 12.8 Å². The van der Waals surface area contributed by atoms with Gasteiger partial charge in [0.25, 0.3) is 0 Å². The van der Waals surface area contributed by atoms with Gasteiger partial charge < -0.3 is 14.8 Å². The van der Waals surface area contributed by atoms with Gasteiger partial charge in [-0.25, -0.2) is 4.98 Å². The van der Waals surface area contributed by atoms with E-state index in [9.17, 15) is 4.79 Å². The molecule has 20 heavy (non-hydrogen) atoms. The Balaban J connectivity index is 1.96. The van der Waals surface area contributed by atoms with Crippen LogP contribution in [0.25, 0.3) is 0 Å². The summed E-state index contributed by atoms with van der Waals surface area (Å²) in [5.74, 6) is 0.567. The number of hydrogen-bond donors (Lipinski definition) is 1.